The first-order valence-corrected chi connectivity index (χ1v) is 13.8. The molecule has 1 aromatic heterocycles. The molecule has 174 valence electrons. The molecule has 2 nitrogen and oxygen atoms in total. The van der Waals surface area contributed by atoms with E-state index in [1.54, 1.807) is 0 Å². The Morgan fingerprint density at radius 1 is 0.710 bits per heavy atom. The van der Waals surface area contributed by atoms with Crippen molar-refractivity contribution >= 4 is 0 Å². The molecule has 0 unspecified atom stereocenters. The van der Waals surface area contributed by atoms with Crippen molar-refractivity contribution < 1.29 is 0 Å². The molecule has 0 aliphatic heterocycles. The van der Waals surface area contributed by atoms with E-state index in [4.69, 9.17) is 9.97 Å². The molecule has 1 heterocycles. The van der Waals surface area contributed by atoms with Gasteiger partial charge in [0.25, 0.3) is 0 Å². The lowest BCUT2D eigenvalue weighted by Gasteiger charge is -2.28. The van der Waals surface area contributed by atoms with Gasteiger partial charge in [-0.1, -0.05) is 70.9 Å². The Balaban J connectivity index is 1.33. The van der Waals surface area contributed by atoms with E-state index >= 15 is 0 Å². The van der Waals surface area contributed by atoms with Crippen LogP contribution in [-0.2, 0) is 6.42 Å². The van der Waals surface area contributed by atoms with Gasteiger partial charge < -0.3 is 0 Å². The van der Waals surface area contributed by atoms with Crippen molar-refractivity contribution in [2.45, 2.75) is 129 Å². The van der Waals surface area contributed by atoms with Crippen LogP contribution < -0.4 is 0 Å². The van der Waals surface area contributed by atoms with E-state index in [9.17, 15) is 0 Å². The minimum absolute atomic E-state index is 0.581. The highest BCUT2D eigenvalue weighted by Gasteiger charge is 2.24. The Morgan fingerprint density at radius 2 is 1.29 bits per heavy atom. The Bertz CT molecular complexity index is 604. The number of rotatable bonds is 12. The van der Waals surface area contributed by atoms with Gasteiger partial charge in [0.15, 0.2) is 0 Å². The standard InChI is InChI=1S/C29H48N2/c1-3-5-6-7-8-9-11-27-22-30-29(31-23-27)28-20-18-26(19-21-28)17-16-25-14-12-24(10-4-2)13-15-25/h16-17,22-26,28H,3-15,18-21H2,1-2H3/b17-16+. The lowest BCUT2D eigenvalue weighted by molar-refractivity contribution is 0.292. The monoisotopic (exact) mass is 424 g/mol. The average Bonchev–Trinajstić information content (AvgIpc) is 2.82. The van der Waals surface area contributed by atoms with Gasteiger partial charge in [0, 0.05) is 18.3 Å². The Morgan fingerprint density at radius 3 is 1.90 bits per heavy atom. The van der Waals surface area contributed by atoms with Gasteiger partial charge in [0.1, 0.15) is 5.82 Å². The van der Waals surface area contributed by atoms with Crippen molar-refractivity contribution in [1.29, 1.82) is 0 Å². The fraction of sp³-hybridized carbons (Fsp3) is 0.793. The summed E-state index contributed by atoms with van der Waals surface area (Å²) in [5, 5.41) is 0. The SMILES string of the molecule is CCCCCCCCc1cnc(C2CCC(/C=C/C3CCC(CCC)CC3)CC2)nc1. The molecule has 3 rings (SSSR count). The van der Waals surface area contributed by atoms with Gasteiger partial charge >= 0.3 is 0 Å². The molecule has 0 amide bonds. The zero-order valence-electron chi connectivity index (χ0n) is 20.5. The van der Waals surface area contributed by atoms with Crippen molar-refractivity contribution in [3.63, 3.8) is 0 Å². The molecule has 0 saturated heterocycles. The summed E-state index contributed by atoms with van der Waals surface area (Å²) in [6, 6.07) is 0. The molecular weight excluding hydrogens is 376 g/mol. The lowest BCUT2D eigenvalue weighted by atomic mass is 9.78. The van der Waals surface area contributed by atoms with Crippen molar-refractivity contribution in [3.8, 4) is 0 Å². The van der Waals surface area contributed by atoms with E-state index in [1.807, 2.05) is 0 Å². The maximum Gasteiger partial charge on any atom is 0.131 e. The van der Waals surface area contributed by atoms with Crippen LogP contribution in [0, 0.1) is 17.8 Å². The molecule has 0 bridgehead atoms. The highest BCUT2D eigenvalue weighted by Crippen LogP contribution is 2.36. The molecule has 2 aliphatic rings. The second kappa shape index (κ2) is 14.1. The zero-order valence-corrected chi connectivity index (χ0v) is 20.5. The lowest BCUT2D eigenvalue weighted by Crippen LogP contribution is -2.15. The number of nitrogens with zero attached hydrogens (tertiary/aromatic N) is 2. The second-order valence-electron chi connectivity index (χ2n) is 10.5. The van der Waals surface area contributed by atoms with Crippen molar-refractivity contribution in [3.05, 3.63) is 35.9 Å². The highest BCUT2D eigenvalue weighted by molar-refractivity contribution is 5.09. The summed E-state index contributed by atoms with van der Waals surface area (Å²) >= 11 is 0. The minimum Gasteiger partial charge on any atom is -0.241 e. The molecular formula is C29H48N2. The van der Waals surface area contributed by atoms with Gasteiger partial charge in [-0.3, -0.25) is 0 Å². The molecule has 31 heavy (non-hydrogen) atoms. The molecule has 2 aliphatic carbocycles. The zero-order chi connectivity index (χ0) is 21.7. The average molecular weight is 425 g/mol. The summed E-state index contributed by atoms with van der Waals surface area (Å²) < 4.78 is 0. The van der Waals surface area contributed by atoms with E-state index in [0.29, 0.717) is 5.92 Å². The molecule has 2 heteroatoms. The van der Waals surface area contributed by atoms with Gasteiger partial charge in [-0.25, -0.2) is 9.97 Å². The highest BCUT2D eigenvalue weighted by atomic mass is 14.9. The van der Waals surface area contributed by atoms with Crippen molar-refractivity contribution in [1.82, 2.24) is 9.97 Å². The summed E-state index contributed by atoms with van der Waals surface area (Å²) in [6.07, 6.45) is 32.4. The summed E-state index contributed by atoms with van der Waals surface area (Å²) in [7, 11) is 0. The van der Waals surface area contributed by atoms with Crippen molar-refractivity contribution in [2.75, 3.05) is 0 Å². The second-order valence-corrected chi connectivity index (χ2v) is 10.5. The number of aryl methyl sites for hydroxylation is 1. The topological polar surface area (TPSA) is 25.8 Å². The maximum atomic E-state index is 4.77. The third-order valence-corrected chi connectivity index (χ3v) is 7.93. The van der Waals surface area contributed by atoms with Gasteiger partial charge in [-0.05, 0) is 87.5 Å². The van der Waals surface area contributed by atoms with Crippen LogP contribution in [0.25, 0.3) is 0 Å². The Labute approximate surface area is 192 Å². The molecule has 0 radical (unpaired) electrons. The van der Waals surface area contributed by atoms with Crippen LogP contribution in [0.5, 0.6) is 0 Å². The van der Waals surface area contributed by atoms with Crippen LogP contribution in [0.4, 0.5) is 0 Å². The Hall–Kier alpha value is -1.18. The number of unbranched alkanes of at least 4 members (excludes halogenated alkanes) is 5. The number of allylic oxidation sites excluding steroid dienone is 2. The number of hydrogen-bond acceptors (Lipinski definition) is 2. The van der Waals surface area contributed by atoms with Crippen LogP contribution in [-0.4, -0.2) is 9.97 Å². The van der Waals surface area contributed by atoms with Crippen molar-refractivity contribution in [2.24, 2.45) is 17.8 Å². The smallest absolute Gasteiger partial charge is 0.131 e. The molecule has 0 spiro atoms. The normalized spacial score (nSPS) is 27.0. The minimum atomic E-state index is 0.581. The molecule has 0 aromatic carbocycles. The Kier molecular flexibility index (Phi) is 11.1. The fourth-order valence-corrected chi connectivity index (χ4v) is 5.78. The van der Waals surface area contributed by atoms with Gasteiger partial charge in [-0.15, -0.1) is 0 Å². The summed E-state index contributed by atoms with van der Waals surface area (Å²) in [6.45, 7) is 4.61. The molecule has 2 fully saturated rings. The van der Waals surface area contributed by atoms with Gasteiger partial charge in [-0.2, -0.15) is 0 Å². The van der Waals surface area contributed by atoms with E-state index < -0.39 is 0 Å². The third kappa shape index (κ3) is 8.70. The van der Waals surface area contributed by atoms with Crippen LogP contribution in [0.3, 0.4) is 0 Å². The van der Waals surface area contributed by atoms with E-state index in [-0.39, 0.29) is 0 Å². The number of hydrogen-bond donors (Lipinski definition) is 0. The summed E-state index contributed by atoms with van der Waals surface area (Å²) in [5.41, 5.74) is 1.32. The predicted octanol–water partition coefficient (Wildman–Crippen LogP) is 8.82. The first kappa shape index (κ1) is 24.5. The first-order chi connectivity index (χ1) is 15.3. The molecule has 2 saturated carbocycles. The first-order valence-electron chi connectivity index (χ1n) is 13.8. The van der Waals surface area contributed by atoms with E-state index in [1.165, 1.54) is 108 Å². The van der Waals surface area contributed by atoms with Crippen LogP contribution in [0.15, 0.2) is 24.5 Å². The van der Waals surface area contributed by atoms with Crippen LogP contribution in [0.1, 0.15) is 134 Å². The van der Waals surface area contributed by atoms with Gasteiger partial charge in [0.2, 0.25) is 0 Å². The predicted molar refractivity (Wildman–Crippen MR) is 133 cm³/mol. The summed E-state index contributed by atoms with van der Waals surface area (Å²) in [5.74, 6) is 4.34. The largest absolute Gasteiger partial charge is 0.241 e. The van der Waals surface area contributed by atoms with E-state index in [0.717, 1.165) is 30.0 Å². The van der Waals surface area contributed by atoms with Crippen LogP contribution >= 0.6 is 0 Å². The van der Waals surface area contributed by atoms with E-state index in [2.05, 4.69) is 38.4 Å². The van der Waals surface area contributed by atoms with Crippen LogP contribution in [0.2, 0.25) is 0 Å². The quantitative estimate of drug-likeness (QED) is 0.247. The third-order valence-electron chi connectivity index (χ3n) is 7.93. The maximum absolute atomic E-state index is 4.77. The molecule has 1 aromatic rings. The molecule has 0 N–H and O–H groups in total. The fourth-order valence-electron chi connectivity index (χ4n) is 5.78. The molecule has 0 atom stereocenters. The van der Waals surface area contributed by atoms with Gasteiger partial charge in [0.05, 0.1) is 0 Å². The number of aromatic nitrogens is 2. The summed E-state index contributed by atoms with van der Waals surface area (Å²) in [4.78, 5) is 9.54.